The van der Waals surface area contributed by atoms with Gasteiger partial charge in [0.2, 0.25) is 11.8 Å². The number of hydrogen-bond acceptors (Lipinski definition) is 7. The van der Waals surface area contributed by atoms with Crippen LogP contribution >= 0.6 is 0 Å². The molecule has 0 radical (unpaired) electrons. The van der Waals surface area contributed by atoms with Crippen LogP contribution in [0, 0.1) is 17.0 Å². The quantitative estimate of drug-likeness (QED) is 0.428. The third-order valence-corrected chi connectivity index (χ3v) is 9.59. The van der Waals surface area contributed by atoms with Gasteiger partial charge in [0.15, 0.2) is 11.6 Å². The SMILES string of the molecule is C[C@@H](C(=O)N[C@H](C(=O)N1CC[C@@H]2[C@H]1[C@@H](Oc1ccc(F)c(F)c1)CN2C1CCOCC1)C(C)(C)C)N(C)C(=O)OCc1ccccc1. The fourth-order valence-electron chi connectivity index (χ4n) is 6.82. The average Bonchev–Trinajstić information content (AvgIpc) is 3.65. The van der Waals surface area contributed by atoms with Crippen LogP contribution < -0.4 is 10.1 Å². The van der Waals surface area contributed by atoms with Gasteiger partial charge in [-0.3, -0.25) is 19.4 Å². The number of hydrogen-bond donors (Lipinski definition) is 1. The van der Waals surface area contributed by atoms with Gasteiger partial charge >= 0.3 is 6.09 Å². The summed E-state index contributed by atoms with van der Waals surface area (Å²) in [6.45, 7) is 9.57. The predicted molar refractivity (Wildman–Crippen MR) is 170 cm³/mol. The zero-order valence-electron chi connectivity index (χ0n) is 27.8. The first-order valence-corrected chi connectivity index (χ1v) is 16.3. The lowest BCUT2D eigenvalue weighted by Gasteiger charge is -2.38. The Hall–Kier alpha value is -3.77. The molecule has 0 aromatic heterocycles. The topological polar surface area (TPSA) is 101 Å². The third kappa shape index (κ3) is 7.86. The van der Waals surface area contributed by atoms with Crippen LogP contribution in [-0.2, 0) is 25.7 Å². The molecular formula is C35H46F2N4O6. The molecule has 0 saturated carbocycles. The number of likely N-dealkylation sites (N-methyl/N-ethyl adjacent to an activating group) is 1. The summed E-state index contributed by atoms with van der Waals surface area (Å²) >= 11 is 0. The molecule has 0 unspecified atom stereocenters. The van der Waals surface area contributed by atoms with Gasteiger partial charge in [-0.15, -0.1) is 0 Å². The van der Waals surface area contributed by atoms with Crippen LogP contribution in [0.3, 0.4) is 0 Å². The van der Waals surface area contributed by atoms with Crippen LogP contribution in [0.25, 0.3) is 0 Å². The van der Waals surface area contributed by atoms with Crippen molar-refractivity contribution in [3.05, 3.63) is 65.7 Å². The fourth-order valence-corrected chi connectivity index (χ4v) is 6.82. The zero-order chi connectivity index (χ0) is 33.9. The van der Waals surface area contributed by atoms with Gasteiger partial charge < -0.3 is 24.4 Å². The summed E-state index contributed by atoms with van der Waals surface area (Å²) in [4.78, 5) is 46.1. The fraction of sp³-hybridized carbons (Fsp3) is 0.571. The highest BCUT2D eigenvalue weighted by atomic mass is 19.2. The highest BCUT2D eigenvalue weighted by Gasteiger charge is 2.54. The van der Waals surface area contributed by atoms with Crippen molar-refractivity contribution >= 4 is 17.9 Å². The van der Waals surface area contributed by atoms with E-state index in [1.54, 1.807) is 11.8 Å². The minimum absolute atomic E-state index is 0.00175. The molecule has 3 heterocycles. The minimum Gasteiger partial charge on any atom is -0.487 e. The predicted octanol–water partition coefficient (Wildman–Crippen LogP) is 4.36. The molecule has 2 aromatic carbocycles. The number of likely N-dealkylation sites (tertiary alicyclic amines) is 2. The lowest BCUT2D eigenvalue weighted by atomic mass is 9.85. The smallest absolute Gasteiger partial charge is 0.410 e. The van der Waals surface area contributed by atoms with Crippen molar-refractivity contribution in [2.75, 3.05) is 33.4 Å². The molecule has 3 saturated heterocycles. The summed E-state index contributed by atoms with van der Waals surface area (Å²) in [5.74, 6) is -2.52. The van der Waals surface area contributed by atoms with E-state index < -0.39 is 47.2 Å². The molecule has 3 amide bonds. The summed E-state index contributed by atoms with van der Waals surface area (Å²) < 4.78 is 45.1. The van der Waals surface area contributed by atoms with Crippen molar-refractivity contribution in [1.29, 1.82) is 0 Å². The van der Waals surface area contributed by atoms with Crippen LogP contribution in [0.5, 0.6) is 5.75 Å². The van der Waals surface area contributed by atoms with Crippen molar-refractivity contribution in [2.24, 2.45) is 5.41 Å². The number of benzene rings is 2. The van der Waals surface area contributed by atoms with E-state index in [4.69, 9.17) is 14.2 Å². The highest BCUT2D eigenvalue weighted by Crippen LogP contribution is 2.38. The van der Waals surface area contributed by atoms with E-state index in [0.29, 0.717) is 32.7 Å². The van der Waals surface area contributed by atoms with E-state index in [-0.39, 0.29) is 36.4 Å². The summed E-state index contributed by atoms with van der Waals surface area (Å²) in [7, 11) is 1.49. The maximum Gasteiger partial charge on any atom is 0.410 e. The van der Waals surface area contributed by atoms with Crippen LogP contribution in [0.15, 0.2) is 48.5 Å². The Kier molecular flexibility index (Phi) is 10.7. The van der Waals surface area contributed by atoms with E-state index in [0.717, 1.165) is 30.5 Å². The Morgan fingerprint density at radius 1 is 1.04 bits per heavy atom. The van der Waals surface area contributed by atoms with E-state index in [1.165, 1.54) is 18.0 Å². The van der Waals surface area contributed by atoms with Crippen LogP contribution in [-0.4, -0.2) is 102 Å². The van der Waals surface area contributed by atoms with Gasteiger partial charge in [0, 0.05) is 51.5 Å². The molecule has 47 heavy (non-hydrogen) atoms. The first-order valence-electron chi connectivity index (χ1n) is 16.3. The minimum atomic E-state index is -1.00. The molecule has 3 aliphatic heterocycles. The molecule has 0 aliphatic carbocycles. The number of halogens is 2. The molecule has 0 bridgehead atoms. The maximum absolute atomic E-state index is 14.4. The molecule has 256 valence electrons. The summed E-state index contributed by atoms with van der Waals surface area (Å²) in [5, 5.41) is 2.93. The number of fused-ring (bicyclic) bond motifs is 1. The van der Waals surface area contributed by atoms with Crippen molar-refractivity contribution in [1.82, 2.24) is 20.0 Å². The van der Waals surface area contributed by atoms with E-state index in [2.05, 4.69) is 10.2 Å². The van der Waals surface area contributed by atoms with Gasteiger partial charge in [-0.05, 0) is 49.3 Å². The summed E-state index contributed by atoms with van der Waals surface area (Å²) in [6.07, 6.45) is 1.26. The summed E-state index contributed by atoms with van der Waals surface area (Å²) in [5.41, 5.74) is 0.148. The summed E-state index contributed by atoms with van der Waals surface area (Å²) in [6, 6.07) is 10.8. The Labute approximate surface area is 275 Å². The van der Waals surface area contributed by atoms with Crippen LogP contribution in [0.4, 0.5) is 13.6 Å². The number of carbonyl (C=O) groups excluding carboxylic acids is 3. The second-order valence-corrected chi connectivity index (χ2v) is 13.8. The van der Waals surface area contributed by atoms with Crippen LogP contribution in [0.2, 0.25) is 0 Å². The van der Waals surface area contributed by atoms with Gasteiger partial charge in [0.25, 0.3) is 0 Å². The molecule has 2 aromatic rings. The lowest BCUT2D eigenvalue weighted by molar-refractivity contribution is -0.142. The van der Waals surface area contributed by atoms with Gasteiger partial charge in [-0.2, -0.15) is 0 Å². The van der Waals surface area contributed by atoms with Gasteiger partial charge in [0.05, 0.1) is 6.04 Å². The van der Waals surface area contributed by atoms with E-state index in [1.807, 2.05) is 51.1 Å². The number of carbonyl (C=O) groups is 3. The van der Waals surface area contributed by atoms with Crippen molar-refractivity contribution < 1.29 is 37.4 Å². The van der Waals surface area contributed by atoms with Crippen molar-refractivity contribution in [3.63, 3.8) is 0 Å². The van der Waals surface area contributed by atoms with Crippen molar-refractivity contribution in [3.8, 4) is 5.75 Å². The first-order chi connectivity index (χ1) is 22.3. The zero-order valence-corrected chi connectivity index (χ0v) is 27.8. The number of ether oxygens (including phenoxy) is 3. The molecule has 3 aliphatic rings. The standard InChI is InChI=1S/C35H46F2N4O6/c1-22(39(5)34(44)46-21-23-9-7-6-8-10-23)32(42)38-31(35(2,3)4)33(43)40-16-13-28-30(40)29(20-41(28)24-14-17-45-18-15-24)47-25-11-12-26(36)27(37)19-25/h6-12,19,22,24,28-31H,13-18,20-21H2,1-5H3,(H,38,42)/t22-,28+,29-,30-,31+/m0/s1. The van der Waals surface area contributed by atoms with E-state index >= 15 is 0 Å². The van der Waals surface area contributed by atoms with Gasteiger partial charge in [-0.1, -0.05) is 51.1 Å². The molecule has 1 N–H and O–H groups in total. The molecule has 10 nitrogen and oxygen atoms in total. The molecule has 3 fully saturated rings. The van der Waals surface area contributed by atoms with Gasteiger partial charge in [0.1, 0.15) is 30.5 Å². The van der Waals surface area contributed by atoms with E-state index in [9.17, 15) is 23.2 Å². The number of nitrogens with zero attached hydrogens (tertiary/aromatic N) is 3. The molecule has 12 heteroatoms. The normalized spacial score (nSPS) is 23.1. The maximum atomic E-state index is 14.4. The highest BCUT2D eigenvalue weighted by molar-refractivity contribution is 5.92. The first kappa shape index (κ1) is 34.6. The third-order valence-electron chi connectivity index (χ3n) is 9.59. The van der Waals surface area contributed by atoms with Crippen LogP contribution in [0.1, 0.15) is 52.5 Å². The Morgan fingerprint density at radius 2 is 1.74 bits per heavy atom. The Bertz CT molecular complexity index is 1420. The number of rotatable bonds is 9. The second-order valence-electron chi connectivity index (χ2n) is 13.8. The molecule has 5 rings (SSSR count). The Morgan fingerprint density at radius 3 is 2.40 bits per heavy atom. The Balaban J connectivity index is 1.31. The average molecular weight is 657 g/mol. The largest absolute Gasteiger partial charge is 0.487 e. The lowest BCUT2D eigenvalue weighted by Crippen LogP contribution is -2.60. The molecule has 5 atom stereocenters. The number of amides is 3. The number of nitrogens with one attached hydrogen (secondary N) is 1. The van der Waals surface area contributed by atoms with Crippen molar-refractivity contribution in [2.45, 2.75) is 89.9 Å². The molecule has 0 spiro atoms. The monoisotopic (exact) mass is 656 g/mol. The second kappa shape index (κ2) is 14.6. The molecular weight excluding hydrogens is 610 g/mol. The van der Waals surface area contributed by atoms with Gasteiger partial charge in [-0.25, -0.2) is 13.6 Å².